The van der Waals surface area contributed by atoms with Gasteiger partial charge in [-0.1, -0.05) is 158 Å². The zero-order valence-electron chi connectivity index (χ0n) is 29.9. The van der Waals surface area contributed by atoms with Crippen LogP contribution in [0.5, 0.6) is 0 Å². The van der Waals surface area contributed by atoms with Crippen molar-refractivity contribution in [1.82, 2.24) is 0 Å². The number of fused-ring (bicyclic) bond motifs is 9. The molecule has 0 aromatic heterocycles. The quantitative estimate of drug-likeness (QED) is 0.162. The van der Waals surface area contributed by atoms with Crippen molar-refractivity contribution >= 4 is 59.9 Å². The Bertz CT molecular complexity index is 3160. The van der Waals surface area contributed by atoms with E-state index in [1.807, 2.05) is 0 Å². The number of allylic oxidation sites excluding steroid dienone is 1. The summed E-state index contributed by atoms with van der Waals surface area (Å²) in [5.41, 5.74) is 12.7. The molecule has 0 atom stereocenters. The van der Waals surface area contributed by atoms with E-state index in [9.17, 15) is 0 Å². The molecule has 0 fully saturated rings. The van der Waals surface area contributed by atoms with Crippen molar-refractivity contribution in [2.75, 3.05) is 0 Å². The summed E-state index contributed by atoms with van der Waals surface area (Å²) in [4.78, 5) is 0. The van der Waals surface area contributed by atoms with Gasteiger partial charge < -0.3 is 0 Å². The molecule has 1 aliphatic rings. The fourth-order valence-corrected chi connectivity index (χ4v) is 8.81. The molecule has 0 heteroatoms. The lowest BCUT2D eigenvalue weighted by atomic mass is 9.90. The van der Waals surface area contributed by atoms with E-state index in [4.69, 9.17) is 0 Å². The van der Waals surface area contributed by atoms with Gasteiger partial charge in [0.1, 0.15) is 0 Å². The first-order chi connectivity index (χ1) is 26.7. The predicted molar refractivity (Wildman–Crippen MR) is 233 cm³/mol. The fraction of sp³-hybridized carbons (Fsp3) is 0.0370. The van der Waals surface area contributed by atoms with Crippen molar-refractivity contribution in [3.63, 3.8) is 0 Å². The minimum Gasteiger partial charge on any atom is -0.0836 e. The smallest absolute Gasteiger partial charge is 0.0105 e. The van der Waals surface area contributed by atoms with Crippen molar-refractivity contribution in [3.05, 3.63) is 199 Å². The Morgan fingerprint density at radius 3 is 1.22 bits per heavy atom. The maximum Gasteiger partial charge on any atom is -0.0105 e. The van der Waals surface area contributed by atoms with Gasteiger partial charge in [0.05, 0.1) is 0 Å². The van der Waals surface area contributed by atoms with Gasteiger partial charge in [-0.25, -0.2) is 0 Å². The lowest BCUT2D eigenvalue weighted by Gasteiger charge is -2.14. The van der Waals surface area contributed by atoms with Crippen LogP contribution in [0.4, 0.5) is 0 Å². The van der Waals surface area contributed by atoms with Crippen LogP contribution in [0.25, 0.3) is 104 Å². The maximum atomic E-state index is 2.35. The molecule has 0 nitrogen and oxygen atoms in total. The van der Waals surface area contributed by atoms with Gasteiger partial charge in [0.2, 0.25) is 0 Å². The lowest BCUT2D eigenvalue weighted by Crippen LogP contribution is -1.94. The summed E-state index contributed by atoms with van der Waals surface area (Å²) in [5.74, 6) is 0. The van der Waals surface area contributed by atoms with Crippen LogP contribution in [0.2, 0.25) is 0 Å². The summed E-state index contributed by atoms with van der Waals surface area (Å²) in [7, 11) is 0. The van der Waals surface area contributed by atoms with Crippen molar-refractivity contribution in [2.45, 2.75) is 12.8 Å². The van der Waals surface area contributed by atoms with E-state index in [0.29, 0.717) is 0 Å². The second kappa shape index (κ2) is 12.4. The molecule has 252 valence electrons. The average Bonchev–Trinajstić information content (AvgIpc) is 3.25. The molecule has 10 aromatic carbocycles. The summed E-state index contributed by atoms with van der Waals surface area (Å²) in [6.45, 7) is 0. The van der Waals surface area contributed by atoms with Crippen LogP contribution in [0.3, 0.4) is 0 Å². The molecule has 0 unspecified atom stereocenters. The van der Waals surface area contributed by atoms with Crippen LogP contribution in [0.1, 0.15) is 17.5 Å². The van der Waals surface area contributed by atoms with Crippen LogP contribution in [-0.2, 0) is 6.42 Å². The van der Waals surface area contributed by atoms with Gasteiger partial charge in [0.25, 0.3) is 0 Å². The Morgan fingerprint density at radius 1 is 0.278 bits per heavy atom. The van der Waals surface area contributed by atoms with E-state index < -0.39 is 0 Å². The summed E-state index contributed by atoms with van der Waals surface area (Å²) in [6, 6.07) is 67.8. The topological polar surface area (TPSA) is 0 Å². The number of benzene rings is 10. The molecule has 0 bridgehead atoms. The fourth-order valence-electron chi connectivity index (χ4n) is 8.81. The standard InChI is InChI=1S/C54H36/c1-3-13-49-35(7-1)15-17-45-31-41(21-25-51(45)49)37-9-5-11-39(29-37)43-23-27-53-47(33-43)19-20-48-34-44(24-28-54(48)53)40-12-6-10-38(30-40)42-22-26-52-46(32-42)18-16-36-8-2-4-14-50(36)52/h1,3-7,9-34H,2,8H2. The Hall–Kier alpha value is -6.76. The first-order valence-electron chi connectivity index (χ1n) is 19.0. The SMILES string of the molecule is C1=Cc2c(ccc3cc(-c4cccc(-c5ccc6c(ccc7cc(-c8cccc(-c9ccc%10c(ccc%11ccccc%11%10)c9)c8)ccc76)c5)c4)ccc23)CC1. The van der Waals surface area contributed by atoms with E-state index in [1.54, 1.807) is 0 Å². The monoisotopic (exact) mass is 684 g/mol. The van der Waals surface area contributed by atoms with E-state index in [0.717, 1.165) is 12.8 Å². The molecule has 0 N–H and O–H groups in total. The third kappa shape index (κ3) is 5.22. The Morgan fingerprint density at radius 2 is 0.685 bits per heavy atom. The summed E-state index contributed by atoms with van der Waals surface area (Å²) < 4.78 is 0. The number of rotatable bonds is 4. The summed E-state index contributed by atoms with van der Waals surface area (Å²) in [5, 5.41) is 12.9. The Balaban J connectivity index is 0.899. The number of hydrogen-bond acceptors (Lipinski definition) is 0. The number of hydrogen-bond donors (Lipinski definition) is 0. The molecular weight excluding hydrogens is 649 g/mol. The highest BCUT2D eigenvalue weighted by Gasteiger charge is 2.12. The van der Waals surface area contributed by atoms with Crippen molar-refractivity contribution < 1.29 is 0 Å². The molecule has 0 saturated heterocycles. The molecular formula is C54H36. The van der Waals surface area contributed by atoms with Gasteiger partial charge in [0.15, 0.2) is 0 Å². The molecule has 10 aromatic rings. The second-order valence-electron chi connectivity index (χ2n) is 14.8. The van der Waals surface area contributed by atoms with Crippen LogP contribution < -0.4 is 0 Å². The molecule has 11 rings (SSSR count). The molecule has 0 amide bonds. The van der Waals surface area contributed by atoms with Gasteiger partial charge in [0, 0.05) is 0 Å². The van der Waals surface area contributed by atoms with E-state index in [-0.39, 0.29) is 0 Å². The van der Waals surface area contributed by atoms with E-state index >= 15 is 0 Å². The first-order valence-corrected chi connectivity index (χ1v) is 19.0. The van der Waals surface area contributed by atoms with E-state index in [2.05, 4.69) is 194 Å². The third-order valence-corrected chi connectivity index (χ3v) is 11.7. The van der Waals surface area contributed by atoms with Crippen molar-refractivity contribution in [3.8, 4) is 44.5 Å². The highest BCUT2D eigenvalue weighted by atomic mass is 14.2. The summed E-state index contributed by atoms with van der Waals surface area (Å²) >= 11 is 0. The van der Waals surface area contributed by atoms with Gasteiger partial charge in [-0.05, 0) is 159 Å². The van der Waals surface area contributed by atoms with Crippen LogP contribution in [0.15, 0.2) is 188 Å². The second-order valence-corrected chi connectivity index (χ2v) is 14.8. The minimum absolute atomic E-state index is 1.13. The van der Waals surface area contributed by atoms with Gasteiger partial charge in [-0.15, -0.1) is 0 Å². The maximum absolute atomic E-state index is 2.35. The lowest BCUT2D eigenvalue weighted by molar-refractivity contribution is 0.990. The van der Waals surface area contributed by atoms with Crippen LogP contribution in [0, 0.1) is 0 Å². The molecule has 0 heterocycles. The molecule has 1 aliphatic carbocycles. The van der Waals surface area contributed by atoms with E-state index in [1.165, 1.54) is 109 Å². The van der Waals surface area contributed by atoms with Gasteiger partial charge in [-0.3, -0.25) is 0 Å². The first kappa shape index (κ1) is 30.8. The highest BCUT2D eigenvalue weighted by Crippen LogP contribution is 2.37. The normalized spacial score (nSPS) is 12.6. The van der Waals surface area contributed by atoms with Crippen LogP contribution >= 0.6 is 0 Å². The predicted octanol–water partition coefficient (Wildman–Crippen LogP) is 15.1. The van der Waals surface area contributed by atoms with Gasteiger partial charge in [-0.2, -0.15) is 0 Å². The Kier molecular flexibility index (Phi) is 7.10. The Labute approximate surface area is 315 Å². The average molecular weight is 685 g/mol. The molecule has 0 saturated carbocycles. The van der Waals surface area contributed by atoms with Crippen LogP contribution in [-0.4, -0.2) is 0 Å². The zero-order valence-corrected chi connectivity index (χ0v) is 29.9. The van der Waals surface area contributed by atoms with Crippen molar-refractivity contribution in [2.24, 2.45) is 0 Å². The number of aryl methyl sites for hydroxylation is 1. The van der Waals surface area contributed by atoms with Crippen molar-refractivity contribution in [1.29, 1.82) is 0 Å². The summed E-state index contributed by atoms with van der Waals surface area (Å²) in [6.07, 6.45) is 6.87. The minimum atomic E-state index is 1.13. The molecule has 0 aliphatic heterocycles. The van der Waals surface area contributed by atoms with Gasteiger partial charge >= 0.3 is 0 Å². The molecule has 0 radical (unpaired) electrons. The zero-order chi connectivity index (χ0) is 35.6. The molecule has 54 heavy (non-hydrogen) atoms. The largest absolute Gasteiger partial charge is 0.0836 e. The third-order valence-electron chi connectivity index (χ3n) is 11.7. The highest BCUT2D eigenvalue weighted by molar-refractivity contribution is 6.10. The molecule has 0 spiro atoms.